The van der Waals surface area contributed by atoms with Crippen LogP contribution >= 0.6 is 0 Å². The molecule has 4 aliphatic rings. The van der Waals surface area contributed by atoms with E-state index in [1.807, 2.05) is 9.80 Å². The second-order valence-electron chi connectivity index (χ2n) is 6.62. The molecule has 3 saturated heterocycles. The molecular formula is C14H21N3O4. The zero-order valence-electron chi connectivity index (χ0n) is 11.9. The Kier molecular flexibility index (Phi) is 3.08. The average Bonchev–Trinajstić information content (AvgIpc) is 2.97. The summed E-state index contributed by atoms with van der Waals surface area (Å²) in [6.45, 7) is 3.13. The topological polar surface area (TPSA) is 82.1 Å². The number of nitrogens with zero attached hydrogens (tertiary/aromatic N) is 2. The van der Waals surface area contributed by atoms with E-state index in [9.17, 15) is 14.7 Å². The predicted octanol–water partition coefficient (Wildman–Crippen LogP) is -1.13. The maximum atomic E-state index is 12.6. The van der Waals surface area contributed by atoms with E-state index in [1.54, 1.807) is 0 Å². The number of nitrogens with one attached hydrogen (secondary N) is 1. The van der Waals surface area contributed by atoms with Crippen molar-refractivity contribution in [2.24, 2.45) is 17.8 Å². The fourth-order valence-corrected chi connectivity index (χ4v) is 4.15. The zero-order chi connectivity index (χ0) is 14.6. The van der Waals surface area contributed by atoms with Gasteiger partial charge in [0.2, 0.25) is 5.91 Å². The minimum Gasteiger partial charge on any atom is -0.396 e. The summed E-state index contributed by atoms with van der Waals surface area (Å²) in [6.07, 6.45) is 0.814. The number of fused-ring (bicyclic) bond motifs is 2. The van der Waals surface area contributed by atoms with Crippen molar-refractivity contribution in [1.29, 1.82) is 0 Å². The molecule has 0 spiro atoms. The summed E-state index contributed by atoms with van der Waals surface area (Å²) in [5, 5.41) is 12.1. The Bertz CT molecular complexity index is 459. The lowest BCUT2D eigenvalue weighted by Crippen LogP contribution is -2.62. The average molecular weight is 295 g/mol. The van der Waals surface area contributed by atoms with Crippen LogP contribution in [0.3, 0.4) is 0 Å². The third-order valence-electron chi connectivity index (χ3n) is 5.45. The number of rotatable bonds is 1. The van der Waals surface area contributed by atoms with Gasteiger partial charge in [0.05, 0.1) is 12.1 Å². The van der Waals surface area contributed by atoms with Crippen LogP contribution in [0.25, 0.3) is 0 Å². The van der Waals surface area contributed by atoms with Gasteiger partial charge in [-0.3, -0.25) is 4.79 Å². The molecule has 3 amide bonds. The second kappa shape index (κ2) is 4.84. The van der Waals surface area contributed by atoms with Crippen LogP contribution < -0.4 is 5.32 Å². The fourth-order valence-electron chi connectivity index (χ4n) is 4.15. The van der Waals surface area contributed by atoms with Gasteiger partial charge in [-0.25, -0.2) is 4.79 Å². The molecule has 0 bridgehead atoms. The molecule has 116 valence electrons. The van der Waals surface area contributed by atoms with E-state index in [1.165, 1.54) is 0 Å². The van der Waals surface area contributed by atoms with E-state index in [0.29, 0.717) is 30.8 Å². The summed E-state index contributed by atoms with van der Waals surface area (Å²) in [5.74, 6) is 1.30. The number of likely N-dealkylation sites (tertiary alicyclic amines) is 2. The molecule has 0 aromatic carbocycles. The molecular weight excluding hydrogens is 274 g/mol. The molecule has 5 atom stereocenters. The maximum Gasteiger partial charge on any atom is 0.320 e. The summed E-state index contributed by atoms with van der Waals surface area (Å²) in [6, 6.07) is -0.0107. The van der Waals surface area contributed by atoms with Crippen LogP contribution in [-0.4, -0.2) is 78.4 Å². The third kappa shape index (κ3) is 2.19. The second-order valence-corrected chi connectivity index (χ2v) is 6.62. The summed E-state index contributed by atoms with van der Waals surface area (Å²) in [4.78, 5) is 27.7. The molecule has 4 rings (SSSR count). The molecule has 1 saturated carbocycles. The van der Waals surface area contributed by atoms with Crippen molar-refractivity contribution in [1.82, 2.24) is 15.1 Å². The van der Waals surface area contributed by atoms with Crippen LogP contribution in [0.2, 0.25) is 0 Å². The van der Waals surface area contributed by atoms with Crippen molar-refractivity contribution in [2.45, 2.75) is 18.6 Å². The quantitative estimate of drug-likeness (QED) is 0.641. The van der Waals surface area contributed by atoms with Gasteiger partial charge in [-0.05, 0) is 24.2 Å². The van der Waals surface area contributed by atoms with Gasteiger partial charge in [0.25, 0.3) is 0 Å². The number of hydrogen-bond acceptors (Lipinski definition) is 4. The third-order valence-corrected chi connectivity index (χ3v) is 5.45. The van der Waals surface area contributed by atoms with E-state index in [2.05, 4.69) is 5.32 Å². The number of amides is 3. The number of morpholine rings is 1. The molecule has 7 heteroatoms. The highest BCUT2D eigenvalue weighted by Crippen LogP contribution is 2.51. The standard InChI is InChI=1S/C14H21N3O4/c18-6-10-8-3-17(4-9(8)10)14(20)16-2-1-12-11(5-16)15-13(19)7-21-12/h8-12,18H,1-7H2,(H,15,19)/t8-,9+,10?,11-,12+/m1/s1. The van der Waals surface area contributed by atoms with Gasteiger partial charge in [0.15, 0.2) is 0 Å². The van der Waals surface area contributed by atoms with Crippen molar-refractivity contribution in [3.8, 4) is 0 Å². The molecule has 0 radical (unpaired) electrons. The van der Waals surface area contributed by atoms with E-state index in [4.69, 9.17) is 4.74 Å². The van der Waals surface area contributed by atoms with Gasteiger partial charge >= 0.3 is 6.03 Å². The summed E-state index contributed by atoms with van der Waals surface area (Å²) >= 11 is 0. The number of ether oxygens (including phenoxy) is 1. The lowest BCUT2D eigenvalue weighted by molar-refractivity contribution is -0.139. The Balaban J connectivity index is 1.35. The van der Waals surface area contributed by atoms with E-state index < -0.39 is 0 Å². The molecule has 3 heterocycles. The highest BCUT2D eigenvalue weighted by molar-refractivity contribution is 5.79. The first-order valence-electron chi connectivity index (χ1n) is 7.73. The van der Waals surface area contributed by atoms with E-state index in [-0.39, 0.29) is 37.3 Å². The Morgan fingerprint density at radius 2 is 2.05 bits per heavy atom. The number of piperidine rings is 2. The Morgan fingerprint density at radius 3 is 2.76 bits per heavy atom. The van der Waals surface area contributed by atoms with Crippen LogP contribution in [-0.2, 0) is 9.53 Å². The van der Waals surface area contributed by atoms with Crippen molar-refractivity contribution in [3.63, 3.8) is 0 Å². The highest BCUT2D eigenvalue weighted by atomic mass is 16.5. The van der Waals surface area contributed by atoms with Crippen LogP contribution in [0.1, 0.15) is 6.42 Å². The zero-order valence-corrected chi connectivity index (χ0v) is 11.9. The summed E-state index contributed by atoms with van der Waals surface area (Å²) in [7, 11) is 0. The van der Waals surface area contributed by atoms with Gasteiger partial charge in [-0.1, -0.05) is 0 Å². The number of carbonyl (C=O) groups excluding carboxylic acids is 2. The van der Waals surface area contributed by atoms with Gasteiger partial charge in [-0.15, -0.1) is 0 Å². The summed E-state index contributed by atoms with van der Waals surface area (Å²) in [5.41, 5.74) is 0. The number of carbonyl (C=O) groups is 2. The first-order valence-corrected chi connectivity index (χ1v) is 7.73. The lowest BCUT2D eigenvalue weighted by Gasteiger charge is -2.42. The smallest absolute Gasteiger partial charge is 0.320 e. The lowest BCUT2D eigenvalue weighted by atomic mass is 10.0. The van der Waals surface area contributed by atoms with Crippen molar-refractivity contribution >= 4 is 11.9 Å². The van der Waals surface area contributed by atoms with Crippen LogP contribution in [0.5, 0.6) is 0 Å². The van der Waals surface area contributed by atoms with Crippen molar-refractivity contribution in [2.75, 3.05) is 39.4 Å². The van der Waals surface area contributed by atoms with Crippen LogP contribution in [0, 0.1) is 17.8 Å². The van der Waals surface area contributed by atoms with E-state index in [0.717, 1.165) is 19.5 Å². The molecule has 1 unspecified atom stereocenters. The Hall–Kier alpha value is -1.34. The summed E-state index contributed by atoms with van der Waals surface area (Å²) < 4.78 is 5.51. The largest absolute Gasteiger partial charge is 0.396 e. The van der Waals surface area contributed by atoms with Gasteiger partial charge in [-0.2, -0.15) is 0 Å². The number of aliphatic hydroxyl groups excluding tert-OH is 1. The normalized spacial score (nSPS) is 41.4. The molecule has 4 fully saturated rings. The van der Waals surface area contributed by atoms with Gasteiger partial charge in [0, 0.05) is 32.8 Å². The molecule has 1 aliphatic carbocycles. The minimum absolute atomic E-state index is 0.0394. The van der Waals surface area contributed by atoms with Gasteiger partial charge in [0.1, 0.15) is 6.61 Å². The highest BCUT2D eigenvalue weighted by Gasteiger charge is 2.56. The molecule has 3 aliphatic heterocycles. The maximum absolute atomic E-state index is 12.6. The molecule has 0 aromatic rings. The Labute approximate surface area is 123 Å². The number of aliphatic hydroxyl groups is 1. The van der Waals surface area contributed by atoms with E-state index >= 15 is 0 Å². The minimum atomic E-state index is -0.0984. The van der Waals surface area contributed by atoms with Crippen LogP contribution in [0.15, 0.2) is 0 Å². The molecule has 0 aromatic heterocycles. The molecule has 2 N–H and O–H groups in total. The first kappa shape index (κ1) is 13.3. The first-order chi connectivity index (χ1) is 10.2. The van der Waals surface area contributed by atoms with Crippen LogP contribution in [0.4, 0.5) is 4.79 Å². The predicted molar refractivity (Wildman–Crippen MR) is 72.4 cm³/mol. The van der Waals surface area contributed by atoms with Gasteiger partial charge < -0.3 is 25.0 Å². The SMILES string of the molecule is O=C1CO[C@H]2CCN(C(=O)N3C[C@@H]4C(CO)[C@@H]4C3)C[C@H]2N1. The van der Waals surface area contributed by atoms with Crippen molar-refractivity contribution < 1.29 is 19.4 Å². The number of urea groups is 1. The van der Waals surface area contributed by atoms with Crippen molar-refractivity contribution in [3.05, 3.63) is 0 Å². The number of hydrogen-bond donors (Lipinski definition) is 2. The molecule has 21 heavy (non-hydrogen) atoms. The Morgan fingerprint density at radius 1 is 1.29 bits per heavy atom. The fraction of sp³-hybridized carbons (Fsp3) is 0.857. The molecule has 7 nitrogen and oxygen atoms in total. The monoisotopic (exact) mass is 295 g/mol.